The fourth-order valence-electron chi connectivity index (χ4n) is 2.26. The lowest BCUT2D eigenvalue weighted by Crippen LogP contribution is -2.27. The largest absolute Gasteiger partial charge is 0.497 e. The van der Waals surface area contributed by atoms with E-state index in [0.717, 1.165) is 37.4 Å². The van der Waals surface area contributed by atoms with Gasteiger partial charge in [-0.15, -0.1) is 24.0 Å². The lowest BCUT2D eigenvalue weighted by molar-refractivity contribution is -0.127. The number of likely N-dealkylation sites (tertiary alicyclic amines) is 1. The number of carbonyl (C=O) groups is 1. The van der Waals surface area contributed by atoms with Gasteiger partial charge in [0.25, 0.3) is 0 Å². The summed E-state index contributed by atoms with van der Waals surface area (Å²) in [4.78, 5) is 17.6. The molecule has 1 saturated heterocycles. The molecule has 0 spiro atoms. The first-order valence-corrected chi connectivity index (χ1v) is 7.18. The van der Waals surface area contributed by atoms with Crippen molar-refractivity contribution in [3.63, 3.8) is 0 Å². The number of guanidine groups is 1. The van der Waals surface area contributed by atoms with Crippen LogP contribution in [0.3, 0.4) is 0 Å². The molecule has 0 bridgehead atoms. The third-order valence-electron chi connectivity index (χ3n) is 3.40. The molecule has 2 rings (SSSR count). The van der Waals surface area contributed by atoms with Crippen molar-refractivity contribution in [1.29, 1.82) is 0 Å². The predicted octanol–water partition coefficient (Wildman–Crippen LogP) is 2.05. The number of nitrogens with two attached hydrogens (primary N) is 1. The van der Waals surface area contributed by atoms with Crippen molar-refractivity contribution >= 4 is 41.5 Å². The van der Waals surface area contributed by atoms with E-state index in [1.807, 2.05) is 29.2 Å². The standard InChI is InChI=1S/C15H22N4O2.HI/c1-21-13-7-5-12(6-8-13)18-15(16)17-9-3-11-19-10-2-4-14(19)20;/h5-8H,2-4,9-11H2,1H3,(H3,16,17,18);1H. The molecule has 1 fully saturated rings. The molecule has 1 heterocycles. The van der Waals surface area contributed by atoms with Gasteiger partial charge in [-0.25, -0.2) is 0 Å². The number of hydrogen-bond donors (Lipinski definition) is 2. The van der Waals surface area contributed by atoms with Gasteiger partial charge in [0.1, 0.15) is 5.75 Å². The zero-order valence-electron chi connectivity index (χ0n) is 12.7. The first-order valence-electron chi connectivity index (χ1n) is 7.18. The van der Waals surface area contributed by atoms with Crippen molar-refractivity contribution < 1.29 is 9.53 Å². The van der Waals surface area contributed by atoms with Gasteiger partial charge in [0.15, 0.2) is 5.96 Å². The molecule has 1 aliphatic heterocycles. The maximum atomic E-state index is 11.4. The van der Waals surface area contributed by atoms with Crippen molar-refractivity contribution in [3.05, 3.63) is 24.3 Å². The van der Waals surface area contributed by atoms with Crippen LogP contribution < -0.4 is 15.8 Å². The highest BCUT2D eigenvalue weighted by atomic mass is 127. The number of amides is 1. The van der Waals surface area contributed by atoms with E-state index in [0.29, 0.717) is 18.9 Å². The molecule has 122 valence electrons. The average Bonchev–Trinajstić information content (AvgIpc) is 2.90. The highest BCUT2D eigenvalue weighted by Gasteiger charge is 2.18. The minimum absolute atomic E-state index is 0. The Kier molecular flexibility index (Phi) is 8.00. The quantitative estimate of drug-likeness (QED) is 0.321. The van der Waals surface area contributed by atoms with Crippen LogP contribution in [0.4, 0.5) is 5.69 Å². The second-order valence-corrected chi connectivity index (χ2v) is 4.96. The molecule has 22 heavy (non-hydrogen) atoms. The topological polar surface area (TPSA) is 80.0 Å². The third-order valence-corrected chi connectivity index (χ3v) is 3.40. The summed E-state index contributed by atoms with van der Waals surface area (Å²) in [6.07, 6.45) is 2.49. The fraction of sp³-hybridized carbons (Fsp3) is 0.467. The number of hydrogen-bond acceptors (Lipinski definition) is 3. The van der Waals surface area contributed by atoms with Gasteiger partial charge in [0.2, 0.25) is 5.91 Å². The van der Waals surface area contributed by atoms with Crippen LogP contribution in [0.25, 0.3) is 0 Å². The van der Waals surface area contributed by atoms with Crippen LogP contribution in [0.2, 0.25) is 0 Å². The van der Waals surface area contributed by atoms with Gasteiger partial charge in [-0.3, -0.25) is 9.79 Å². The van der Waals surface area contributed by atoms with Gasteiger partial charge >= 0.3 is 0 Å². The molecule has 0 radical (unpaired) electrons. The summed E-state index contributed by atoms with van der Waals surface area (Å²) in [5.74, 6) is 1.43. The molecule has 1 amide bonds. The van der Waals surface area contributed by atoms with E-state index >= 15 is 0 Å². The Morgan fingerprint density at radius 1 is 1.41 bits per heavy atom. The van der Waals surface area contributed by atoms with Gasteiger partial charge in [-0.1, -0.05) is 0 Å². The van der Waals surface area contributed by atoms with Gasteiger partial charge in [-0.2, -0.15) is 0 Å². The number of nitrogens with zero attached hydrogens (tertiary/aromatic N) is 2. The Balaban J connectivity index is 0.00000242. The van der Waals surface area contributed by atoms with Crippen molar-refractivity contribution in [1.82, 2.24) is 4.90 Å². The minimum Gasteiger partial charge on any atom is -0.497 e. The molecule has 1 aromatic rings. The molecule has 3 N–H and O–H groups in total. The summed E-state index contributed by atoms with van der Waals surface area (Å²) in [6.45, 7) is 2.25. The molecule has 0 unspecified atom stereocenters. The Labute approximate surface area is 148 Å². The lowest BCUT2D eigenvalue weighted by Gasteiger charge is -2.14. The van der Waals surface area contributed by atoms with Crippen molar-refractivity contribution in [2.75, 3.05) is 32.1 Å². The summed E-state index contributed by atoms with van der Waals surface area (Å²) < 4.78 is 5.09. The van der Waals surface area contributed by atoms with Crippen LogP contribution >= 0.6 is 24.0 Å². The summed E-state index contributed by atoms with van der Waals surface area (Å²) in [6, 6.07) is 7.47. The van der Waals surface area contributed by atoms with Gasteiger partial charge in [-0.05, 0) is 37.1 Å². The lowest BCUT2D eigenvalue weighted by atomic mass is 10.3. The Bertz CT molecular complexity index is 505. The number of benzene rings is 1. The van der Waals surface area contributed by atoms with Crippen LogP contribution in [0.5, 0.6) is 5.75 Å². The molecule has 0 aromatic heterocycles. The molecule has 6 nitrogen and oxygen atoms in total. The minimum atomic E-state index is 0. The fourth-order valence-corrected chi connectivity index (χ4v) is 2.26. The SMILES string of the molecule is COc1ccc(NC(N)=NCCCN2CCCC2=O)cc1.I. The molecule has 0 saturated carbocycles. The second kappa shape index (κ2) is 9.50. The number of rotatable bonds is 6. The highest BCUT2D eigenvalue weighted by Crippen LogP contribution is 2.14. The van der Waals surface area contributed by atoms with Gasteiger partial charge < -0.3 is 20.7 Å². The van der Waals surface area contributed by atoms with Crippen LogP contribution in [0.15, 0.2) is 29.3 Å². The van der Waals surface area contributed by atoms with Crippen molar-refractivity contribution in [2.24, 2.45) is 10.7 Å². The molecule has 0 atom stereocenters. The van der Waals surface area contributed by atoms with E-state index in [1.54, 1.807) is 7.11 Å². The Morgan fingerprint density at radius 2 is 2.14 bits per heavy atom. The maximum absolute atomic E-state index is 11.4. The van der Waals surface area contributed by atoms with E-state index in [2.05, 4.69) is 10.3 Å². The number of methoxy groups -OCH3 is 1. The molecule has 1 aromatic carbocycles. The van der Waals surface area contributed by atoms with E-state index in [-0.39, 0.29) is 29.9 Å². The molecular formula is C15H23IN4O2. The van der Waals surface area contributed by atoms with E-state index in [4.69, 9.17) is 10.5 Å². The first kappa shape index (κ1) is 18.5. The predicted molar refractivity (Wildman–Crippen MR) is 99.0 cm³/mol. The normalized spacial score (nSPS) is 14.7. The van der Waals surface area contributed by atoms with Crippen LogP contribution in [0, 0.1) is 0 Å². The maximum Gasteiger partial charge on any atom is 0.222 e. The van der Waals surface area contributed by atoms with Gasteiger partial charge in [0.05, 0.1) is 7.11 Å². The number of anilines is 1. The molecule has 7 heteroatoms. The van der Waals surface area contributed by atoms with E-state index in [9.17, 15) is 4.79 Å². The Hall–Kier alpha value is -1.51. The highest BCUT2D eigenvalue weighted by molar-refractivity contribution is 14.0. The van der Waals surface area contributed by atoms with E-state index < -0.39 is 0 Å². The zero-order valence-corrected chi connectivity index (χ0v) is 15.1. The van der Waals surface area contributed by atoms with Crippen LogP contribution in [0.1, 0.15) is 19.3 Å². The average molecular weight is 418 g/mol. The zero-order chi connectivity index (χ0) is 15.1. The number of aliphatic imine (C=N–C) groups is 1. The van der Waals surface area contributed by atoms with Crippen LogP contribution in [-0.4, -0.2) is 43.5 Å². The molecular weight excluding hydrogens is 395 g/mol. The number of ether oxygens (including phenoxy) is 1. The molecule has 0 aliphatic carbocycles. The number of nitrogens with one attached hydrogen (secondary N) is 1. The third kappa shape index (κ3) is 5.70. The summed E-state index contributed by atoms with van der Waals surface area (Å²) in [5.41, 5.74) is 6.69. The first-order chi connectivity index (χ1) is 10.2. The smallest absolute Gasteiger partial charge is 0.222 e. The number of carbonyl (C=O) groups excluding carboxylic acids is 1. The summed E-state index contributed by atoms with van der Waals surface area (Å²) in [7, 11) is 1.63. The van der Waals surface area contributed by atoms with Crippen molar-refractivity contribution in [3.8, 4) is 5.75 Å². The van der Waals surface area contributed by atoms with E-state index in [1.165, 1.54) is 0 Å². The monoisotopic (exact) mass is 418 g/mol. The molecule has 1 aliphatic rings. The van der Waals surface area contributed by atoms with Crippen LogP contribution in [-0.2, 0) is 4.79 Å². The number of halogens is 1. The van der Waals surface area contributed by atoms with Crippen molar-refractivity contribution in [2.45, 2.75) is 19.3 Å². The van der Waals surface area contributed by atoms with Gasteiger partial charge in [0, 0.05) is 31.7 Å². The Morgan fingerprint density at radius 3 is 2.73 bits per heavy atom. The summed E-state index contributed by atoms with van der Waals surface area (Å²) >= 11 is 0. The summed E-state index contributed by atoms with van der Waals surface area (Å²) in [5, 5.41) is 3.02. The second-order valence-electron chi connectivity index (χ2n) is 4.96.